The van der Waals surface area contributed by atoms with E-state index in [2.05, 4.69) is 47.3 Å². The van der Waals surface area contributed by atoms with Crippen molar-refractivity contribution >= 4 is 6.09 Å². The molecule has 0 radical (unpaired) electrons. The molecule has 4 nitrogen and oxygen atoms in total. The van der Waals surface area contributed by atoms with Crippen molar-refractivity contribution in [3.8, 4) is 12.3 Å². The number of nitrogens with one attached hydrogen (secondary N) is 1. The molecule has 1 saturated heterocycles. The number of carbonyl (C=O) groups is 1. The molecule has 0 saturated carbocycles. The molecule has 1 aliphatic heterocycles. The van der Waals surface area contributed by atoms with Gasteiger partial charge in [-0.1, -0.05) is 49.6 Å². The van der Waals surface area contributed by atoms with E-state index < -0.39 is 11.7 Å². The van der Waals surface area contributed by atoms with Crippen molar-refractivity contribution < 1.29 is 9.53 Å². The largest absolute Gasteiger partial charge is 0.430 e. The van der Waals surface area contributed by atoms with Gasteiger partial charge in [0.05, 0.1) is 0 Å². The average molecular weight is 314 g/mol. The normalized spacial score (nSPS) is 17.2. The van der Waals surface area contributed by atoms with Gasteiger partial charge in [0.2, 0.25) is 0 Å². The molecular formula is C19H26N2O2. The first kappa shape index (κ1) is 17.4. The Morgan fingerprint density at radius 2 is 2.04 bits per heavy atom. The van der Waals surface area contributed by atoms with Crippen LogP contribution >= 0.6 is 0 Å². The third-order valence-electron chi connectivity index (χ3n) is 4.26. The number of ether oxygens (including phenoxy) is 1. The highest BCUT2D eigenvalue weighted by Gasteiger charge is 2.36. The average Bonchev–Trinajstić information content (AvgIpc) is 2.58. The minimum Gasteiger partial charge on any atom is -0.430 e. The minimum absolute atomic E-state index is 0.395. The summed E-state index contributed by atoms with van der Waals surface area (Å²) in [4.78, 5) is 14.2. The molecule has 0 bridgehead atoms. The summed E-state index contributed by atoms with van der Waals surface area (Å²) in [5, 5.41) is 2.77. The van der Waals surface area contributed by atoms with Crippen LogP contribution in [0.2, 0.25) is 0 Å². The van der Waals surface area contributed by atoms with E-state index >= 15 is 0 Å². The van der Waals surface area contributed by atoms with E-state index in [0.29, 0.717) is 19.4 Å². The molecule has 2 rings (SSSR count). The van der Waals surface area contributed by atoms with Crippen molar-refractivity contribution in [1.29, 1.82) is 0 Å². The predicted octanol–water partition coefficient (Wildman–Crippen LogP) is 3.18. The number of likely N-dealkylation sites (tertiary alicyclic amines) is 1. The standard InChI is InChI=1S/C19H26N2O2/c1-3-5-13-20-18(22)23-19(4-2)11-14-21(15-12-19)16-17-9-7-6-8-10-17/h2,6-10H,3,5,11-16H2,1H3,(H,20,22). The number of benzene rings is 1. The highest BCUT2D eigenvalue weighted by molar-refractivity contribution is 5.68. The Hall–Kier alpha value is -1.99. The number of hydrogen-bond donors (Lipinski definition) is 1. The second-order valence-electron chi connectivity index (χ2n) is 6.07. The zero-order chi connectivity index (χ0) is 16.5. The Labute approximate surface area is 139 Å². The third-order valence-corrected chi connectivity index (χ3v) is 4.26. The van der Waals surface area contributed by atoms with Gasteiger partial charge in [-0.3, -0.25) is 4.90 Å². The molecule has 0 aromatic heterocycles. The number of rotatable bonds is 6. The number of alkyl carbamates (subject to hydrolysis) is 1. The highest BCUT2D eigenvalue weighted by Crippen LogP contribution is 2.26. The third kappa shape index (κ3) is 5.30. The number of unbranched alkanes of at least 4 members (excludes halogenated alkanes) is 1. The second kappa shape index (κ2) is 8.59. The van der Waals surface area contributed by atoms with Crippen molar-refractivity contribution in [2.24, 2.45) is 0 Å². The summed E-state index contributed by atoms with van der Waals surface area (Å²) in [6, 6.07) is 10.4. The smallest absolute Gasteiger partial charge is 0.408 e. The minimum atomic E-state index is -0.760. The number of amides is 1. The van der Waals surface area contributed by atoms with Gasteiger partial charge in [-0.25, -0.2) is 4.79 Å². The second-order valence-corrected chi connectivity index (χ2v) is 6.07. The van der Waals surface area contributed by atoms with Crippen LogP contribution in [0.1, 0.15) is 38.2 Å². The molecule has 0 spiro atoms. The first-order chi connectivity index (χ1) is 11.2. The van der Waals surface area contributed by atoms with Gasteiger partial charge < -0.3 is 10.1 Å². The molecule has 4 heteroatoms. The van der Waals surface area contributed by atoms with Crippen LogP contribution in [0.4, 0.5) is 4.79 Å². The molecule has 1 fully saturated rings. The molecule has 1 aliphatic rings. The Morgan fingerprint density at radius 3 is 2.65 bits per heavy atom. The first-order valence-electron chi connectivity index (χ1n) is 8.38. The van der Waals surface area contributed by atoms with E-state index in [4.69, 9.17) is 11.2 Å². The van der Waals surface area contributed by atoms with Crippen LogP contribution in [-0.2, 0) is 11.3 Å². The molecule has 1 N–H and O–H groups in total. The molecule has 124 valence electrons. The maximum atomic E-state index is 11.9. The molecule has 0 aliphatic carbocycles. The number of carbonyl (C=O) groups excluding carboxylic acids is 1. The van der Waals surface area contributed by atoms with Crippen LogP contribution in [0.3, 0.4) is 0 Å². The van der Waals surface area contributed by atoms with Crippen LogP contribution in [0.15, 0.2) is 30.3 Å². The lowest BCUT2D eigenvalue weighted by Gasteiger charge is -2.37. The summed E-state index contributed by atoms with van der Waals surface area (Å²) in [7, 11) is 0. The monoisotopic (exact) mass is 314 g/mol. The lowest BCUT2D eigenvalue weighted by atomic mass is 9.92. The quantitative estimate of drug-likeness (QED) is 0.648. The lowest BCUT2D eigenvalue weighted by Crippen LogP contribution is -2.47. The summed E-state index contributed by atoms with van der Waals surface area (Å²) in [6.45, 7) is 5.29. The van der Waals surface area contributed by atoms with Crippen molar-refractivity contribution in [2.75, 3.05) is 19.6 Å². The number of piperidine rings is 1. The van der Waals surface area contributed by atoms with Gasteiger partial charge in [-0.05, 0) is 12.0 Å². The fourth-order valence-corrected chi connectivity index (χ4v) is 2.77. The Balaban J connectivity index is 1.82. The van der Waals surface area contributed by atoms with Crippen LogP contribution < -0.4 is 5.32 Å². The summed E-state index contributed by atoms with van der Waals surface area (Å²) in [6.07, 6.45) is 8.61. The number of terminal acetylenes is 1. The molecule has 1 aromatic carbocycles. The van der Waals surface area contributed by atoms with Crippen LogP contribution in [0.25, 0.3) is 0 Å². The van der Waals surface area contributed by atoms with E-state index in [-0.39, 0.29) is 0 Å². The Morgan fingerprint density at radius 1 is 1.35 bits per heavy atom. The van der Waals surface area contributed by atoms with Gasteiger partial charge in [0.25, 0.3) is 0 Å². The van der Waals surface area contributed by atoms with Crippen molar-refractivity contribution in [2.45, 2.75) is 44.8 Å². The van der Waals surface area contributed by atoms with E-state index in [9.17, 15) is 4.79 Å². The van der Waals surface area contributed by atoms with Crippen LogP contribution in [-0.4, -0.2) is 36.2 Å². The Bertz CT molecular complexity index is 528. The Kier molecular flexibility index (Phi) is 6.49. The van der Waals surface area contributed by atoms with Crippen molar-refractivity contribution in [1.82, 2.24) is 10.2 Å². The molecule has 1 heterocycles. The lowest BCUT2D eigenvalue weighted by molar-refractivity contribution is 0.00357. The fraction of sp³-hybridized carbons (Fsp3) is 0.526. The zero-order valence-corrected chi connectivity index (χ0v) is 13.9. The number of hydrogen-bond acceptors (Lipinski definition) is 3. The van der Waals surface area contributed by atoms with Gasteiger partial charge >= 0.3 is 6.09 Å². The number of nitrogens with zero attached hydrogens (tertiary/aromatic N) is 1. The molecule has 1 aromatic rings. The summed E-state index contributed by atoms with van der Waals surface area (Å²) in [5.74, 6) is 2.71. The zero-order valence-electron chi connectivity index (χ0n) is 13.9. The van der Waals surface area contributed by atoms with Gasteiger partial charge in [-0.2, -0.15) is 0 Å². The van der Waals surface area contributed by atoms with Gasteiger partial charge in [0, 0.05) is 39.0 Å². The van der Waals surface area contributed by atoms with E-state index in [0.717, 1.165) is 32.5 Å². The summed E-state index contributed by atoms with van der Waals surface area (Å²) >= 11 is 0. The maximum absolute atomic E-state index is 11.9. The molecule has 0 atom stereocenters. The molecule has 23 heavy (non-hydrogen) atoms. The van der Waals surface area contributed by atoms with Gasteiger partial charge in [0.15, 0.2) is 5.60 Å². The van der Waals surface area contributed by atoms with Gasteiger partial charge in [0.1, 0.15) is 0 Å². The fourth-order valence-electron chi connectivity index (χ4n) is 2.77. The van der Waals surface area contributed by atoms with Crippen molar-refractivity contribution in [3.63, 3.8) is 0 Å². The maximum Gasteiger partial charge on any atom is 0.408 e. The predicted molar refractivity (Wildman–Crippen MR) is 91.9 cm³/mol. The van der Waals surface area contributed by atoms with E-state index in [1.54, 1.807) is 0 Å². The highest BCUT2D eigenvalue weighted by atomic mass is 16.6. The van der Waals surface area contributed by atoms with Crippen LogP contribution in [0, 0.1) is 12.3 Å². The van der Waals surface area contributed by atoms with Gasteiger partial charge in [-0.15, -0.1) is 6.42 Å². The topological polar surface area (TPSA) is 41.6 Å². The first-order valence-corrected chi connectivity index (χ1v) is 8.38. The summed E-state index contributed by atoms with van der Waals surface area (Å²) in [5.41, 5.74) is 0.530. The molecule has 0 unspecified atom stereocenters. The van der Waals surface area contributed by atoms with E-state index in [1.165, 1.54) is 5.56 Å². The van der Waals surface area contributed by atoms with E-state index in [1.807, 2.05) is 6.07 Å². The van der Waals surface area contributed by atoms with Crippen LogP contribution in [0.5, 0.6) is 0 Å². The SMILES string of the molecule is C#CC1(OC(=O)NCCCC)CCN(Cc2ccccc2)CC1. The summed E-state index contributed by atoms with van der Waals surface area (Å²) < 4.78 is 5.56. The van der Waals surface area contributed by atoms with Crippen molar-refractivity contribution in [3.05, 3.63) is 35.9 Å². The molecule has 1 amide bonds. The molecular weight excluding hydrogens is 288 g/mol.